The first-order valence-corrected chi connectivity index (χ1v) is 6.20. The molecule has 94 valence electrons. The number of methoxy groups -OCH3 is 1. The minimum atomic E-state index is 0.404. The lowest BCUT2D eigenvalue weighted by Gasteiger charge is -2.29. The van der Waals surface area contributed by atoms with Gasteiger partial charge in [-0.2, -0.15) is 0 Å². The van der Waals surface area contributed by atoms with Crippen molar-refractivity contribution in [2.75, 3.05) is 12.0 Å². The first kappa shape index (κ1) is 12.5. The van der Waals surface area contributed by atoms with Crippen LogP contribution in [-0.4, -0.2) is 13.2 Å². The average molecular weight is 241 g/mol. The van der Waals surface area contributed by atoms with Crippen molar-refractivity contribution in [2.45, 2.75) is 19.9 Å². The molecule has 0 radical (unpaired) electrons. The molecule has 0 aliphatic heterocycles. The molecule has 18 heavy (non-hydrogen) atoms. The fourth-order valence-corrected chi connectivity index (χ4v) is 2.08. The normalized spacial score (nSPS) is 10.4. The van der Waals surface area contributed by atoms with Gasteiger partial charge in [-0.15, -0.1) is 0 Å². The van der Waals surface area contributed by atoms with Crippen LogP contribution < -0.4 is 9.64 Å². The summed E-state index contributed by atoms with van der Waals surface area (Å²) >= 11 is 0. The van der Waals surface area contributed by atoms with Crippen molar-refractivity contribution in [3.05, 3.63) is 54.6 Å². The van der Waals surface area contributed by atoms with E-state index in [1.807, 2.05) is 18.2 Å². The molecule has 2 aromatic carbocycles. The third-order valence-electron chi connectivity index (χ3n) is 2.90. The highest BCUT2D eigenvalue weighted by Gasteiger charge is 2.12. The Labute approximate surface area is 109 Å². The summed E-state index contributed by atoms with van der Waals surface area (Å²) in [5.74, 6) is 0.885. The number of ether oxygens (including phenoxy) is 1. The van der Waals surface area contributed by atoms with Crippen molar-refractivity contribution in [3.8, 4) is 5.75 Å². The Bertz CT molecular complexity index is 476. The maximum absolute atomic E-state index is 5.20. The molecule has 0 aliphatic carbocycles. The zero-order valence-corrected chi connectivity index (χ0v) is 11.1. The third-order valence-corrected chi connectivity index (χ3v) is 2.90. The van der Waals surface area contributed by atoms with Gasteiger partial charge in [-0.1, -0.05) is 18.2 Å². The molecule has 0 unspecified atom stereocenters. The molecule has 0 aromatic heterocycles. The Kier molecular flexibility index (Phi) is 3.88. The zero-order chi connectivity index (χ0) is 13.0. The molecule has 0 saturated heterocycles. The Morgan fingerprint density at radius 2 is 1.39 bits per heavy atom. The molecule has 2 nitrogen and oxygen atoms in total. The summed E-state index contributed by atoms with van der Waals surface area (Å²) in [4.78, 5) is 2.31. The van der Waals surface area contributed by atoms with E-state index in [4.69, 9.17) is 4.74 Å². The van der Waals surface area contributed by atoms with Crippen LogP contribution in [0.25, 0.3) is 0 Å². The molecule has 2 aromatic rings. The minimum absolute atomic E-state index is 0.404. The second kappa shape index (κ2) is 5.58. The summed E-state index contributed by atoms with van der Waals surface area (Å²) in [6.07, 6.45) is 0. The van der Waals surface area contributed by atoms with E-state index >= 15 is 0 Å². The quantitative estimate of drug-likeness (QED) is 0.793. The van der Waals surface area contributed by atoms with E-state index in [0.29, 0.717) is 6.04 Å². The highest BCUT2D eigenvalue weighted by atomic mass is 16.5. The van der Waals surface area contributed by atoms with Crippen LogP contribution in [0.2, 0.25) is 0 Å². The lowest BCUT2D eigenvalue weighted by Crippen LogP contribution is -2.25. The van der Waals surface area contributed by atoms with Crippen molar-refractivity contribution in [1.82, 2.24) is 0 Å². The van der Waals surface area contributed by atoms with Gasteiger partial charge in [0, 0.05) is 17.4 Å². The molecule has 0 aliphatic rings. The smallest absolute Gasteiger partial charge is 0.119 e. The van der Waals surface area contributed by atoms with Crippen molar-refractivity contribution in [1.29, 1.82) is 0 Å². The van der Waals surface area contributed by atoms with Crippen molar-refractivity contribution in [2.24, 2.45) is 0 Å². The van der Waals surface area contributed by atoms with Gasteiger partial charge in [-0.05, 0) is 50.2 Å². The summed E-state index contributed by atoms with van der Waals surface area (Å²) in [6, 6.07) is 19.0. The number of hydrogen-bond acceptors (Lipinski definition) is 2. The lowest BCUT2D eigenvalue weighted by molar-refractivity contribution is 0.415. The summed E-state index contributed by atoms with van der Waals surface area (Å²) in [6.45, 7) is 4.38. The first-order valence-electron chi connectivity index (χ1n) is 6.20. The number of hydrogen-bond donors (Lipinski definition) is 0. The van der Waals surface area contributed by atoms with E-state index < -0.39 is 0 Å². The van der Waals surface area contributed by atoms with Gasteiger partial charge in [0.2, 0.25) is 0 Å². The third kappa shape index (κ3) is 2.65. The van der Waals surface area contributed by atoms with Crippen LogP contribution in [0, 0.1) is 0 Å². The molecule has 0 N–H and O–H groups in total. The van der Waals surface area contributed by atoms with Crippen LogP contribution in [0.5, 0.6) is 5.75 Å². The maximum Gasteiger partial charge on any atom is 0.119 e. The molecule has 0 spiro atoms. The zero-order valence-electron chi connectivity index (χ0n) is 11.1. The lowest BCUT2D eigenvalue weighted by atomic mass is 10.2. The molecule has 0 atom stereocenters. The molecule has 0 saturated carbocycles. The predicted molar refractivity (Wildman–Crippen MR) is 76.7 cm³/mol. The van der Waals surface area contributed by atoms with E-state index in [0.717, 1.165) is 5.75 Å². The van der Waals surface area contributed by atoms with Gasteiger partial charge in [-0.3, -0.25) is 0 Å². The number of anilines is 2. The molecular weight excluding hydrogens is 222 g/mol. The molecular formula is C16H19NO. The molecule has 2 heteroatoms. The molecule has 0 amide bonds. The maximum atomic E-state index is 5.20. The minimum Gasteiger partial charge on any atom is -0.497 e. The molecule has 0 heterocycles. The van der Waals surface area contributed by atoms with Crippen molar-refractivity contribution in [3.63, 3.8) is 0 Å². The Balaban J connectivity index is 2.36. The fourth-order valence-electron chi connectivity index (χ4n) is 2.08. The second-order valence-corrected chi connectivity index (χ2v) is 4.50. The largest absolute Gasteiger partial charge is 0.497 e. The van der Waals surface area contributed by atoms with Crippen LogP contribution >= 0.6 is 0 Å². The van der Waals surface area contributed by atoms with Crippen molar-refractivity contribution < 1.29 is 4.74 Å². The summed E-state index contributed by atoms with van der Waals surface area (Å²) in [7, 11) is 1.69. The Morgan fingerprint density at radius 1 is 0.833 bits per heavy atom. The number of para-hydroxylation sites is 1. The van der Waals surface area contributed by atoms with Gasteiger partial charge >= 0.3 is 0 Å². The second-order valence-electron chi connectivity index (χ2n) is 4.50. The van der Waals surface area contributed by atoms with Gasteiger partial charge < -0.3 is 9.64 Å². The molecule has 2 rings (SSSR count). The average Bonchev–Trinajstić information content (AvgIpc) is 2.40. The number of nitrogens with zero attached hydrogens (tertiary/aromatic N) is 1. The SMILES string of the molecule is COc1ccc(N(c2ccccc2)C(C)C)cc1. The van der Waals surface area contributed by atoms with Crippen LogP contribution in [0.1, 0.15) is 13.8 Å². The first-order chi connectivity index (χ1) is 8.72. The van der Waals surface area contributed by atoms with Gasteiger partial charge in [0.05, 0.1) is 7.11 Å². The molecule has 0 bridgehead atoms. The number of benzene rings is 2. The molecule has 0 fully saturated rings. The van der Waals surface area contributed by atoms with E-state index in [-0.39, 0.29) is 0 Å². The van der Waals surface area contributed by atoms with Gasteiger partial charge in [-0.25, -0.2) is 0 Å². The summed E-state index contributed by atoms with van der Waals surface area (Å²) in [5, 5.41) is 0. The van der Waals surface area contributed by atoms with Gasteiger partial charge in [0.15, 0.2) is 0 Å². The Hall–Kier alpha value is -1.96. The van der Waals surface area contributed by atoms with E-state index in [9.17, 15) is 0 Å². The van der Waals surface area contributed by atoms with Crippen LogP contribution in [-0.2, 0) is 0 Å². The predicted octanol–water partition coefficient (Wildman–Crippen LogP) is 4.24. The number of rotatable bonds is 4. The standard InChI is InChI=1S/C16H19NO/c1-13(2)17(14-7-5-4-6-8-14)15-9-11-16(18-3)12-10-15/h4-13H,1-3H3. The van der Waals surface area contributed by atoms with Crippen LogP contribution in [0.4, 0.5) is 11.4 Å². The highest BCUT2D eigenvalue weighted by molar-refractivity contribution is 5.64. The highest BCUT2D eigenvalue weighted by Crippen LogP contribution is 2.28. The topological polar surface area (TPSA) is 12.5 Å². The summed E-state index contributed by atoms with van der Waals surface area (Å²) in [5.41, 5.74) is 2.38. The summed E-state index contributed by atoms with van der Waals surface area (Å²) < 4.78 is 5.20. The van der Waals surface area contributed by atoms with Crippen LogP contribution in [0.15, 0.2) is 54.6 Å². The van der Waals surface area contributed by atoms with Gasteiger partial charge in [0.25, 0.3) is 0 Å². The fraction of sp³-hybridized carbons (Fsp3) is 0.250. The van der Waals surface area contributed by atoms with Gasteiger partial charge in [0.1, 0.15) is 5.75 Å². The Morgan fingerprint density at radius 3 is 1.89 bits per heavy atom. The van der Waals surface area contributed by atoms with E-state index in [1.165, 1.54) is 11.4 Å². The van der Waals surface area contributed by atoms with E-state index in [1.54, 1.807) is 7.11 Å². The van der Waals surface area contributed by atoms with E-state index in [2.05, 4.69) is 55.1 Å². The monoisotopic (exact) mass is 241 g/mol. The van der Waals surface area contributed by atoms with Crippen molar-refractivity contribution >= 4 is 11.4 Å². The van der Waals surface area contributed by atoms with Crippen LogP contribution in [0.3, 0.4) is 0 Å².